The molecule has 0 radical (unpaired) electrons. The molecule has 10 rings (SSSR count). The SMILES string of the molecule is CC1(C)c2ccccc2-c2cc(N(c3ccccc3-c3ccccc3)c3ccccc3-c3cccc4c(-c5ccccc5)ccc(-c5ccccc5)c34)ccc21. The van der Waals surface area contributed by atoms with E-state index in [1.54, 1.807) is 0 Å². The molecule has 0 heterocycles. The molecular weight excluding hydrogens is 675 g/mol. The van der Waals surface area contributed by atoms with Crippen molar-refractivity contribution < 1.29 is 0 Å². The molecule has 0 saturated heterocycles. The number of benzene rings is 9. The molecule has 0 aromatic heterocycles. The van der Waals surface area contributed by atoms with E-state index in [9.17, 15) is 0 Å². The molecule has 1 nitrogen and oxygen atoms in total. The third-order valence-electron chi connectivity index (χ3n) is 11.7. The standard InChI is InChI=1S/C55H41N/c1-55(2)50-30-15-12-26-45(50)49-37-41(33-36-51(49)55)56(52-31-16-13-25-43(52)39-21-8-4-9-22-39)53-32-17-14-27-46(53)48-29-18-28-47-42(38-19-6-3-7-20-38)34-35-44(54(47)48)40-23-10-5-11-24-40/h3-37H,1-2H3. The number of nitrogens with zero attached hydrogens (tertiary/aromatic N) is 1. The minimum Gasteiger partial charge on any atom is -0.309 e. The van der Waals surface area contributed by atoms with E-state index in [1.807, 2.05) is 0 Å². The molecule has 0 spiro atoms. The van der Waals surface area contributed by atoms with Crippen LogP contribution in [0.25, 0.3) is 66.4 Å². The first kappa shape index (κ1) is 33.6. The third-order valence-corrected chi connectivity index (χ3v) is 11.7. The number of fused-ring (bicyclic) bond motifs is 4. The molecule has 0 unspecified atom stereocenters. The molecule has 1 aliphatic carbocycles. The first-order valence-corrected chi connectivity index (χ1v) is 19.5. The quantitative estimate of drug-likeness (QED) is 0.159. The summed E-state index contributed by atoms with van der Waals surface area (Å²) in [4.78, 5) is 2.49. The van der Waals surface area contributed by atoms with Gasteiger partial charge >= 0.3 is 0 Å². The first-order chi connectivity index (χ1) is 27.6. The Hall–Kier alpha value is -6.96. The number of hydrogen-bond donors (Lipinski definition) is 0. The molecule has 1 heteroatoms. The summed E-state index contributed by atoms with van der Waals surface area (Å²) in [6.07, 6.45) is 0. The first-order valence-electron chi connectivity index (χ1n) is 19.5. The molecule has 0 N–H and O–H groups in total. The van der Waals surface area contributed by atoms with Crippen molar-refractivity contribution in [3.8, 4) is 55.6 Å². The van der Waals surface area contributed by atoms with Gasteiger partial charge in [-0.3, -0.25) is 0 Å². The summed E-state index contributed by atoms with van der Waals surface area (Å²) in [6.45, 7) is 4.70. The molecule has 0 fully saturated rings. The van der Waals surface area contributed by atoms with Crippen molar-refractivity contribution in [3.05, 3.63) is 223 Å². The van der Waals surface area contributed by atoms with Gasteiger partial charge in [-0.25, -0.2) is 0 Å². The van der Waals surface area contributed by atoms with Crippen molar-refractivity contribution in [2.75, 3.05) is 4.90 Å². The Kier molecular flexibility index (Phi) is 8.23. The van der Waals surface area contributed by atoms with E-state index in [0.29, 0.717) is 0 Å². The fraction of sp³-hybridized carbons (Fsp3) is 0.0545. The van der Waals surface area contributed by atoms with Gasteiger partial charge in [0.1, 0.15) is 0 Å². The fourth-order valence-electron chi connectivity index (χ4n) is 9.04. The van der Waals surface area contributed by atoms with Crippen LogP contribution in [0.2, 0.25) is 0 Å². The second-order valence-corrected chi connectivity index (χ2v) is 15.3. The predicted octanol–water partition coefficient (Wildman–Crippen LogP) is 15.3. The number of rotatable bonds is 7. The van der Waals surface area contributed by atoms with Gasteiger partial charge in [0.15, 0.2) is 0 Å². The molecule has 266 valence electrons. The maximum Gasteiger partial charge on any atom is 0.0540 e. The highest BCUT2D eigenvalue weighted by molar-refractivity contribution is 6.13. The lowest BCUT2D eigenvalue weighted by atomic mass is 9.82. The summed E-state index contributed by atoms with van der Waals surface area (Å²) in [5.41, 5.74) is 18.2. The molecule has 1 aliphatic rings. The summed E-state index contributed by atoms with van der Waals surface area (Å²) < 4.78 is 0. The summed E-state index contributed by atoms with van der Waals surface area (Å²) in [7, 11) is 0. The minimum atomic E-state index is -0.0810. The van der Waals surface area contributed by atoms with E-state index >= 15 is 0 Å². The van der Waals surface area contributed by atoms with Crippen molar-refractivity contribution >= 4 is 27.8 Å². The fourth-order valence-corrected chi connectivity index (χ4v) is 9.04. The molecular formula is C55H41N. The second kappa shape index (κ2) is 13.7. The Morgan fingerprint density at radius 1 is 0.321 bits per heavy atom. The molecule has 9 aromatic carbocycles. The van der Waals surface area contributed by atoms with E-state index in [2.05, 4.69) is 231 Å². The molecule has 56 heavy (non-hydrogen) atoms. The van der Waals surface area contributed by atoms with Crippen molar-refractivity contribution in [1.29, 1.82) is 0 Å². The molecule has 0 bridgehead atoms. The van der Waals surface area contributed by atoms with Gasteiger partial charge in [-0.1, -0.05) is 202 Å². The third kappa shape index (κ3) is 5.55. The van der Waals surface area contributed by atoms with Gasteiger partial charge in [-0.2, -0.15) is 0 Å². The van der Waals surface area contributed by atoms with E-state index in [-0.39, 0.29) is 5.41 Å². The van der Waals surface area contributed by atoms with Gasteiger partial charge in [0, 0.05) is 22.2 Å². The van der Waals surface area contributed by atoms with Crippen LogP contribution in [0.3, 0.4) is 0 Å². The zero-order chi connectivity index (χ0) is 37.6. The van der Waals surface area contributed by atoms with Gasteiger partial charge in [0.2, 0.25) is 0 Å². The van der Waals surface area contributed by atoms with Crippen molar-refractivity contribution in [1.82, 2.24) is 0 Å². The highest BCUT2D eigenvalue weighted by atomic mass is 15.1. The van der Waals surface area contributed by atoms with Crippen LogP contribution in [0.5, 0.6) is 0 Å². The Labute approximate surface area is 329 Å². The van der Waals surface area contributed by atoms with Crippen molar-refractivity contribution in [3.63, 3.8) is 0 Å². The van der Waals surface area contributed by atoms with Crippen LogP contribution in [0.1, 0.15) is 25.0 Å². The van der Waals surface area contributed by atoms with Crippen LogP contribution >= 0.6 is 0 Å². The molecule has 0 aliphatic heterocycles. The normalized spacial score (nSPS) is 12.6. The van der Waals surface area contributed by atoms with E-state index in [1.165, 1.54) is 77.5 Å². The second-order valence-electron chi connectivity index (χ2n) is 15.3. The van der Waals surface area contributed by atoms with Gasteiger partial charge in [0.25, 0.3) is 0 Å². The zero-order valence-corrected chi connectivity index (χ0v) is 31.7. The van der Waals surface area contributed by atoms with Crippen LogP contribution in [0, 0.1) is 0 Å². The van der Waals surface area contributed by atoms with E-state index < -0.39 is 0 Å². The van der Waals surface area contributed by atoms with Gasteiger partial charge < -0.3 is 4.90 Å². The molecule has 9 aromatic rings. The van der Waals surface area contributed by atoms with Crippen LogP contribution < -0.4 is 4.90 Å². The lowest BCUT2D eigenvalue weighted by Crippen LogP contribution is -2.16. The maximum absolute atomic E-state index is 2.49. The lowest BCUT2D eigenvalue weighted by Gasteiger charge is -2.31. The van der Waals surface area contributed by atoms with Crippen LogP contribution in [-0.4, -0.2) is 0 Å². The number of anilines is 3. The van der Waals surface area contributed by atoms with Crippen LogP contribution in [-0.2, 0) is 5.41 Å². The van der Waals surface area contributed by atoms with Gasteiger partial charge in [0.05, 0.1) is 11.4 Å². The summed E-state index contributed by atoms with van der Waals surface area (Å²) in [6, 6.07) is 77.7. The Balaban J connectivity index is 1.27. The van der Waals surface area contributed by atoms with Crippen LogP contribution in [0.4, 0.5) is 17.1 Å². The predicted molar refractivity (Wildman–Crippen MR) is 238 cm³/mol. The lowest BCUT2D eigenvalue weighted by molar-refractivity contribution is 0.660. The van der Waals surface area contributed by atoms with Crippen molar-refractivity contribution in [2.45, 2.75) is 19.3 Å². The summed E-state index contributed by atoms with van der Waals surface area (Å²) in [5.74, 6) is 0. The maximum atomic E-state index is 2.49. The highest BCUT2D eigenvalue weighted by Crippen LogP contribution is 2.53. The van der Waals surface area contributed by atoms with Crippen LogP contribution in [0.15, 0.2) is 212 Å². The monoisotopic (exact) mass is 715 g/mol. The molecule has 0 atom stereocenters. The molecule has 0 saturated carbocycles. The zero-order valence-electron chi connectivity index (χ0n) is 31.7. The average Bonchev–Trinajstić information content (AvgIpc) is 3.49. The smallest absolute Gasteiger partial charge is 0.0540 e. The number of para-hydroxylation sites is 2. The Morgan fingerprint density at radius 2 is 0.804 bits per heavy atom. The Morgan fingerprint density at radius 3 is 1.48 bits per heavy atom. The average molecular weight is 716 g/mol. The van der Waals surface area contributed by atoms with E-state index in [0.717, 1.165) is 17.1 Å². The van der Waals surface area contributed by atoms with E-state index in [4.69, 9.17) is 0 Å². The summed E-state index contributed by atoms with van der Waals surface area (Å²) >= 11 is 0. The largest absolute Gasteiger partial charge is 0.309 e. The topological polar surface area (TPSA) is 3.24 Å². The Bertz CT molecular complexity index is 2870. The van der Waals surface area contributed by atoms with Crippen molar-refractivity contribution in [2.24, 2.45) is 0 Å². The minimum absolute atomic E-state index is 0.0810. The molecule has 0 amide bonds. The van der Waals surface area contributed by atoms with Gasteiger partial charge in [-0.15, -0.1) is 0 Å². The summed E-state index contributed by atoms with van der Waals surface area (Å²) in [5, 5.41) is 2.48. The number of hydrogen-bond acceptors (Lipinski definition) is 1. The van der Waals surface area contributed by atoms with Gasteiger partial charge in [-0.05, 0) is 90.7 Å². The highest BCUT2D eigenvalue weighted by Gasteiger charge is 2.36.